The molecule has 0 saturated carbocycles. The van der Waals surface area contributed by atoms with E-state index in [-0.39, 0.29) is 22.8 Å². The number of sulfonamides is 1. The molecule has 2 aliphatic heterocycles. The van der Waals surface area contributed by atoms with Crippen molar-refractivity contribution >= 4 is 19.9 Å². The lowest BCUT2D eigenvalue weighted by Crippen LogP contribution is -2.46. The number of sulfone groups is 1. The second kappa shape index (κ2) is 5.64. The maximum atomic E-state index is 12.6. The monoisotopic (exact) mass is 361 g/mol. The molecular weight excluding hydrogens is 342 g/mol. The molecule has 2 heterocycles. The van der Waals surface area contributed by atoms with Gasteiger partial charge in [0.05, 0.1) is 29.6 Å². The van der Waals surface area contributed by atoms with E-state index in [4.69, 9.17) is 9.47 Å². The summed E-state index contributed by atoms with van der Waals surface area (Å²) in [5, 5.41) is 0. The molecule has 0 amide bonds. The smallest absolute Gasteiger partial charge is 0.241 e. The molecule has 0 aromatic heterocycles. The van der Waals surface area contributed by atoms with Gasteiger partial charge in [0, 0.05) is 18.0 Å². The zero-order valence-electron chi connectivity index (χ0n) is 12.7. The lowest BCUT2D eigenvalue weighted by atomic mass is 10.0. The van der Waals surface area contributed by atoms with E-state index in [0.717, 1.165) is 6.42 Å². The number of nitrogens with one attached hydrogen (secondary N) is 1. The van der Waals surface area contributed by atoms with Gasteiger partial charge >= 0.3 is 0 Å². The average Bonchev–Trinajstić information content (AvgIpc) is 2.64. The normalized spacial score (nSPS) is 26.7. The molecular formula is C14H19NO6S2. The molecule has 1 saturated heterocycles. The average molecular weight is 361 g/mol. The summed E-state index contributed by atoms with van der Waals surface area (Å²) >= 11 is 0. The second-order valence-corrected chi connectivity index (χ2v) is 10.0. The highest BCUT2D eigenvalue weighted by atomic mass is 32.2. The Morgan fingerprint density at radius 2 is 1.87 bits per heavy atom. The molecule has 0 spiro atoms. The molecule has 1 atom stereocenters. The number of hydrogen-bond acceptors (Lipinski definition) is 6. The third-order valence-corrected chi connectivity index (χ3v) is 7.45. The van der Waals surface area contributed by atoms with Crippen molar-refractivity contribution in [3.63, 3.8) is 0 Å². The fourth-order valence-corrected chi connectivity index (χ4v) is 6.42. The number of benzene rings is 1. The van der Waals surface area contributed by atoms with E-state index in [1.54, 1.807) is 13.0 Å². The largest absolute Gasteiger partial charge is 0.490 e. The van der Waals surface area contributed by atoms with Gasteiger partial charge in [-0.3, -0.25) is 0 Å². The van der Waals surface area contributed by atoms with Crippen molar-refractivity contribution in [2.45, 2.75) is 30.2 Å². The topological polar surface area (TPSA) is 98.8 Å². The maximum absolute atomic E-state index is 12.6. The Labute approximate surface area is 136 Å². The Balaban J connectivity index is 1.87. The standard InChI is InChI=1S/C14H19NO6S2/c1-14(5-8-22(16,17)10-14)15-23(18,19)11-3-4-12-13(9-11)21-7-2-6-20-12/h3-4,9,15H,2,5-8,10H2,1H3/t14-/m0/s1. The number of rotatable bonds is 3. The van der Waals surface area contributed by atoms with Crippen LogP contribution in [0.2, 0.25) is 0 Å². The molecule has 3 rings (SSSR count). The molecule has 0 bridgehead atoms. The third kappa shape index (κ3) is 3.61. The SMILES string of the molecule is C[C@]1(NS(=O)(=O)c2ccc3c(c2)OCCCO3)CCS(=O)(=O)C1. The van der Waals surface area contributed by atoms with Crippen LogP contribution in [-0.4, -0.2) is 47.1 Å². The van der Waals surface area contributed by atoms with Crippen molar-refractivity contribution in [3.05, 3.63) is 18.2 Å². The van der Waals surface area contributed by atoms with Gasteiger partial charge in [-0.15, -0.1) is 0 Å². The van der Waals surface area contributed by atoms with Crippen LogP contribution in [0.3, 0.4) is 0 Å². The van der Waals surface area contributed by atoms with E-state index < -0.39 is 25.4 Å². The van der Waals surface area contributed by atoms with Crippen LogP contribution in [0, 0.1) is 0 Å². The summed E-state index contributed by atoms with van der Waals surface area (Å²) in [5.41, 5.74) is -0.984. The Kier molecular flexibility index (Phi) is 4.06. The van der Waals surface area contributed by atoms with Crippen molar-refractivity contribution in [1.82, 2.24) is 4.72 Å². The highest BCUT2D eigenvalue weighted by molar-refractivity contribution is 7.92. The van der Waals surface area contributed by atoms with Gasteiger partial charge in [0.25, 0.3) is 0 Å². The van der Waals surface area contributed by atoms with E-state index in [1.807, 2.05) is 0 Å². The van der Waals surface area contributed by atoms with Crippen LogP contribution in [0.1, 0.15) is 19.8 Å². The fourth-order valence-electron chi connectivity index (χ4n) is 2.79. The number of hydrogen-bond donors (Lipinski definition) is 1. The van der Waals surface area contributed by atoms with Gasteiger partial charge < -0.3 is 9.47 Å². The lowest BCUT2D eigenvalue weighted by Gasteiger charge is -2.23. The first kappa shape index (κ1) is 16.5. The zero-order chi connectivity index (χ0) is 16.7. The molecule has 2 aliphatic rings. The van der Waals surface area contributed by atoms with Crippen LogP contribution in [0.4, 0.5) is 0 Å². The van der Waals surface area contributed by atoms with Crippen LogP contribution in [0.25, 0.3) is 0 Å². The maximum Gasteiger partial charge on any atom is 0.241 e. The van der Waals surface area contributed by atoms with Crippen molar-refractivity contribution in [2.24, 2.45) is 0 Å². The molecule has 1 aromatic rings. The molecule has 128 valence electrons. The molecule has 23 heavy (non-hydrogen) atoms. The first-order chi connectivity index (χ1) is 10.7. The fraction of sp³-hybridized carbons (Fsp3) is 0.571. The van der Waals surface area contributed by atoms with Gasteiger partial charge in [-0.1, -0.05) is 0 Å². The van der Waals surface area contributed by atoms with Crippen molar-refractivity contribution < 1.29 is 26.3 Å². The Morgan fingerprint density at radius 1 is 1.17 bits per heavy atom. The van der Waals surface area contributed by atoms with Crippen LogP contribution in [0.5, 0.6) is 11.5 Å². The Hall–Kier alpha value is -1.32. The van der Waals surface area contributed by atoms with E-state index >= 15 is 0 Å². The lowest BCUT2D eigenvalue weighted by molar-refractivity contribution is 0.297. The zero-order valence-corrected chi connectivity index (χ0v) is 14.4. The third-order valence-electron chi connectivity index (χ3n) is 3.91. The van der Waals surface area contributed by atoms with Gasteiger partial charge in [-0.05, 0) is 25.5 Å². The molecule has 1 fully saturated rings. The van der Waals surface area contributed by atoms with E-state index in [1.165, 1.54) is 12.1 Å². The summed E-state index contributed by atoms with van der Waals surface area (Å²) in [6.07, 6.45) is 0.990. The highest BCUT2D eigenvalue weighted by Crippen LogP contribution is 2.33. The Bertz CT molecular complexity index is 818. The minimum absolute atomic E-state index is 0.00679. The molecule has 0 aliphatic carbocycles. The molecule has 7 nitrogen and oxygen atoms in total. The first-order valence-corrected chi connectivity index (χ1v) is 10.6. The summed E-state index contributed by atoms with van der Waals surface area (Å²) in [6.45, 7) is 2.59. The summed E-state index contributed by atoms with van der Waals surface area (Å²) in [4.78, 5) is 0.0345. The van der Waals surface area contributed by atoms with E-state index in [2.05, 4.69) is 4.72 Å². The van der Waals surface area contributed by atoms with Gasteiger partial charge in [0.2, 0.25) is 10.0 Å². The van der Waals surface area contributed by atoms with Crippen molar-refractivity contribution in [2.75, 3.05) is 24.7 Å². The van der Waals surface area contributed by atoms with Gasteiger partial charge in [-0.2, -0.15) is 0 Å². The van der Waals surface area contributed by atoms with Gasteiger partial charge in [0.1, 0.15) is 0 Å². The van der Waals surface area contributed by atoms with Crippen LogP contribution < -0.4 is 14.2 Å². The summed E-state index contributed by atoms with van der Waals surface area (Å²) in [5.74, 6) is 0.697. The van der Waals surface area contributed by atoms with E-state index in [0.29, 0.717) is 24.7 Å². The minimum Gasteiger partial charge on any atom is -0.490 e. The predicted octanol–water partition coefficient (Wildman–Crippen LogP) is 0.703. The molecule has 0 unspecified atom stereocenters. The van der Waals surface area contributed by atoms with Gasteiger partial charge in [-0.25, -0.2) is 21.6 Å². The quantitative estimate of drug-likeness (QED) is 0.851. The van der Waals surface area contributed by atoms with Crippen LogP contribution in [-0.2, 0) is 19.9 Å². The predicted molar refractivity (Wildman–Crippen MR) is 84.0 cm³/mol. The molecule has 1 aromatic carbocycles. The summed E-state index contributed by atoms with van der Waals surface area (Å²) < 4.78 is 61.9. The summed E-state index contributed by atoms with van der Waals surface area (Å²) in [7, 11) is -7.05. The molecule has 9 heteroatoms. The van der Waals surface area contributed by atoms with E-state index in [9.17, 15) is 16.8 Å². The van der Waals surface area contributed by atoms with Crippen LogP contribution in [0.15, 0.2) is 23.1 Å². The van der Waals surface area contributed by atoms with Crippen LogP contribution >= 0.6 is 0 Å². The van der Waals surface area contributed by atoms with Crippen molar-refractivity contribution in [1.29, 1.82) is 0 Å². The van der Waals surface area contributed by atoms with Gasteiger partial charge in [0.15, 0.2) is 21.3 Å². The molecule has 0 radical (unpaired) electrons. The van der Waals surface area contributed by atoms with Crippen molar-refractivity contribution in [3.8, 4) is 11.5 Å². The summed E-state index contributed by atoms with van der Waals surface area (Å²) in [6, 6.07) is 4.40. The first-order valence-electron chi connectivity index (χ1n) is 7.33. The molecule has 1 N–H and O–H groups in total. The minimum atomic E-state index is -3.85. The number of fused-ring (bicyclic) bond motifs is 1. The number of ether oxygens (including phenoxy) is 2. The second-order valence-electron chi connectivity index (χ2n) is 6.17. The highest BCUT2D eigenvalue weighted by Gasteiger charge is 2.41. The Morgan fingerprint density at radius 3 is 2.52 bits per heavy atom.